The van der Waals surface area contributed by atoms with Crippen molar-refractivity contribution >= 4 is 20.9 Å². The van der Waals surface area contributed by atoms with E-state index in [4.69, 9.17) is 9.30 Å². The van der Waals surface area contributed by atoms with Crippen molar-refractivity contribution in [2.45, 2.75) is 43.2 Å². The lowest BCUT2D eigenvalue weighted by molar-refractivity contribution is 0.0120. The van der Waals surface area contributed by atoms with Gasteiger partial charge in [0, 0.05) is 31.5 Å². The van der Waals surface area contributed by atoms with E-state index in [-0.39, 0.29) is 50.6 Å². The van der Waals surface area contributed by atoms with Crippen molar-refractivity contribution in [1.82, 2.24) is 34.9 Å². The topological polar surface area (TPSA) is 136 Å². The van der Waals surface area contributed by atoms with E-state index >= 15 is 0 Å². The Balaban J connectivity index is 1.66. The molecule has 1 aliphatic carbocycles. The first-order valence-corrected chi connectivity index (χ1v) is 12.0. The van der Waals surface area contributed by atoms with Gasteiger partial charge in [-0.25, -0.2) is 18.4 Å². The maximum absolute atomic E-state index is 14.3. The number of aryl methyl sites for hydroxylation is 1. The summed E-state index contributed by atoms with van der Waals surface area (Å²) in [5, 5.41) is 11.2. The molecule has 1 unspecified atom stereocenters. The molecule has 1 saturated carbocycles. The Morgan fingerprint density at radius 3 is 2.65 bits per heavy atom. The van der Waals surface area contributed by atoms with Crippen molar-refractivity contribution in [3.8, 4) is 22.9 Å². The monoisotopic (exact) mass is 492 g/mol. The zero-order valence-corrected chi connectivity index (χ0v) is 19.2. The van der Waals surface area contributed by atoms with Crippen LogP contribution in [0.2, 0.25) is 0 Å². The molecule has 0 aliphatic heterocycles. The van der Waals surface area contributed by atoms with Crippen LogP contribution in [0.15, 0.2) is 27.7 Å². The maximum atomic E-state index is 14.3. The SMILES string of the molecule is CCS(=N)(=O)c1cc(-c2noc(C3(F)CC3)n2)cnc1-c1nc2cc(C(C)(F)F)nnc2n1C. The molecule has 14 heteroatoms. The summed E-state index contributed by atoms with van der Waals surface area (Å²) in [5.41, 5.74) is -1.39. The minimum Gasteiger partial charge on any atom is -0.335 e. The van der Waals surface area contributed by atoms with Gasteiger partial charge in [-0.1, -0.05) is 12.1 Å². The van der Waals surface area contributed by atoms with Gasteiger partial charge in [0.05, 0.1) is 14.6 Å². The molecule has 4 aromatic heterocycles. The van der Waals surface area contributed by atoms with Gasteiger partial charge < -0.3 is 9.09 Å². The number of nitrogens with zero attached hydrogens (tertiary/aromatic N) is 7. The molecule has 1 aliphatic rings. The van der Waals surface area contributed by atoms with E-state index in [0.717, 1.165) is 6.07 Å². The molecular weight excluding hydrogens is 473 g/mol. The van der Waals surface area contributed by atoms with Crippen molar-refractivity contribution in [2.24, 2.45) is 7.05 Å². The summed E-state index contributed by atoms with van der Waals surface area (Å²) in [6.45, 7) is 2.30. The molecule has 0 radical (unpaired) electrons. The van der Waals surface area contributed by atoms with E-state index in [1.54, 1.807) is 14.0 Å². The molecule has 1 fully saturated rings. The van der Waals surface area contributed by atoms with Gasteiger partial charge in [-0.3, -0.25) is 4.98 Å². The molecule has 0 saturated heterocycles. The van der Waals surface area contributed by atoms with E-state index in [1.165, 1.54) is 16.8 Å². The molecule has 178 valence electrons. The Morgan fingerprint density at radius 2 is 2.00 bits per heavy atom. The summed E-state index contributed by atoms with van der Waals surface area (Å²) < 4.78 is 69.7. The highest BCUT2D eigenvalue weighted by atomic mass is 32.2. The molecule has 0 aromatic carbocycles. The predicted octanol–water partition coefficient (Wildman–Crippen LogP) is 3.97. The number of hydrogen-bond donors (Lipinski definition) is 1. The third-order valence-electron chi connectivity index (χ3n) is 5.65. The Bertz CT molecular complexity index is 1540. The quantitative estimate of drug-likeness (QED) is 0.427. The minimum absolute atomic E-state index is 0.0217. The van der Waals surface area contributed by atoms with E-state index < -0.39 is 27.0 Å². The first-order chi connectivity index (χ1) is 15.9. The van der Waals surface area contributed by atoms with Crippen LogP contribution in [0.5, 0.6) is 0 Å². The number of rotatable bonds is 6. The largest absolute Gasteiger partial charge is 0.335 e. The summed E-state index contributed by atoms with van der Waals surface area (Å²) in [5.74, 6) is -3.13. The third-order valence-corrected chi connectivity index (χ3v) is 7.48. The van der Waals surface area contributed by atoms with Gasteiger partial charge in [0.15, 0.2) is 17.1 Å². The van der Waals surface area contributed by atoms with Crippen LogP contribution < -0.4 is 0 Å². The highest BCUT2D eigenvalue weighted by Gasteiger charge is 2.50. The average molecular weight is 492 g/mol. The first-order valence-electron chi connectivity index (χ1n) is 10.3. The van der Waals surface area contributed by atoms with Crippen LogP contribution in [0.1, 0.15) is 38.3 Å². The second-order valence-electron chi connectivity index (χ2n) is 8.24. The summed E-state index contributed by atoms with van der Waals surface area (Å²) in [4.78, 5) is 12.9. The van der Waals surface area contributed by atoms with Crippen LogP contribution in [0.25, 0.3) is 34.1 Å². The van der Waals surface area contributed by atoms with Crippen LogP contribution in [-0.2, 0) is 28.4 Å². The van der Waals surface area contributed by atoms with Crippen LogP contribution >= 0.6 is 0 Å². The number of nitrogens with one attached hydrogen (secondary N) is 1. The molecule has 4 heterocycles. The molecule has 0 bridgehead atoms. The highest BCUT2D eigenvalue weighted by Crippen LogP contribution is 2.49. The van der Waals surface area contributed by atoms with Crippen LogP contribution in [0.3, 0.4) is 0 Å². The zero-order chi connectivity index (χ0) is 24.5. The summed E-state index contributed by atoms with van der Waals surface area (Å²) in [6, 6.07) is 2.56. The molecule has 1 atom stereocenters. The number of pyridine rings is 1. The molecule has 34 heavy (non-hydrogen) atoms. The van der Waals surface area contributed by atoms with Crippen molar-refractivity contribution in [1.29, 1.82) is 4.78 Å². The number of fused-ring (bicyclic) bond motifs is 1. The Hall–Kier alpha value is -3.42. The normalized spacial score (nSPS) is 17.1. The molecule has 1 N–H and O–H groups in total. The van der Waals surface area contributed by atoms with Crippen LogP contribution in [0, 0.1) is 4.78 Å². The van der Waals surface area contributed by atoms with Crippen LogP contribution in [0.4, 0.5) is 13.2 Å². The molecule has 4 aromatic rings. The summed E-state index contributed by atoms with van der Waals surface area (Å²) in [6.07, 6.45) is 1.97. The smallest absolute Gasteiger partial charge is 0.288 e. The fourth-order valence-corrected chi connectivity index (χ4v) is 4.48. The Kier molecular flexibility index (Phi) is 4.80. The maximum Gasteiger partial charge on any atom is 0.288 e. The zero-order valence-electron chi connectivity index (χ0n) is 18.3. The van der Waals surface area contributed by atoms with E-state index in [2.05, 4.69) is 30.3 Å². The Morgan fingerprint density at radius 1 is 1.26 bits per heavy atom. The lowest BCUT2D eigenvalue weighted by Crippen LogP contribution is -2.11. The molecular formula is C20H19F3N8O2S. The highest BCUT2D eigenvalue weighted by molar-refractivity contribution is 7.92. The summed E-state index contributed by atoms with van der Waals surface area (Å²) >= 11 is 0. The van der Waals surface area contributed by atoms with Gasteiger partial charge in [0.1, 0.15) is 16.9 Å². The van der Waals surface area contributed by atoms with Gasteiger partial charge >= 0.3 is 0 Å². The molecule has 5 rings (SSSR count). The fourth-order valence-electron chi connectivity index (χ4n) is 3.40. The number of hydrogen-bond acceptors (Lipinski definition) is 9. The number of halogens is 3. The molecule has 0 spiro atoms. The van der Waals surface area contributed by atoms with Crippen molar-refractivity contribution in [3.05, 3.63) is 29.9 Å². The minimum atomic E-state index is -3.33. The number of imidazole rings is 1. The number of alkyl halides is 3. The standard InChI is InChI=1S/C20H19F3N8O2S/c1-4-34(24,32)12-7-10(15-27-18(33-30-15)20(23)5-6-20)9-25-14(12)17-26-11-8-13(19(2,21)22)28-29-16(11)31(17)3/h7-9,24H,4-6H2,1-3H3. The van der Waals surface area contributed by atoms with Gasteiger partial charge in [0.25, 0.3) is 11.8 Å². The van der Waals surface area contributed by atoms with Gasteiger partial charge in [-0.2, -0.15) is 13.8 Å². The van der Waals surface area contributed by atoms with Crippen molar-refractivity contribution in [3.63, 3.8) is 0 Å². The van der Waals surface area contributed by atoms with Gasteiger partial charge in [0.2, 0.25) is 5.82 Å². The van der Waals surface area contributed by atoms with Gasteiger partial charge in [-0.15, -0.1) is 10.2 Å². The first kappa shape index (κ1) is 22.4. The van der Waals surface area contributed by atoms with Crippen LogP contribution in [-0.4, -0.2) is 44.8 Å². The molecule has 10 nitrogen and oxygen atoms in total. The van der Waals surface area contributed by atoms with Gasteiger partial charge in [-0.05, 0) is 25.0 Å². The number of aromatic nitrogens is 7. The van der Waals surface area contributed by atoms with E-state index in [9.17, 15) is 17.4 Å². The second-order valence-corrected chi connectivity index (χ2v) is 10.6. The average Bonchev–Trinajstić information content (AvgIpc) is 3.22. The predicted molar refractivity (Wildman–Crippen MR) is 114 cm³/mol. The second kappa shape index (κ2) is 7.29. The Labute approximate surface area is 191 Å². The van der Waals surface area contributed by atoms with E-state index in [0.29, 0.717) is 19.8 Å². The van der Waals surface area contributed by atoms with Crippen molar-refractivity contribution < 1.29 is 21.9 Å². The lowest BCUT2D eigenvalue weighted by Gasteiger charge is -2.11. The fraction of sp³-hybridized carbons (Fsp3) is 0.400. The third kappa shape index (κ3) is 3.61. The van der Waals surface area contributed by atoms with Crippen molar-refractivity contribution in [2.75, 3.05) is 5.75 Å². The summed E-state index contributed by atoms with van der Waals surface area (Å²) in [7, 11) is -1.75. The lowest BCUT2D eigenvalue weighted by atomic mass is 10.2. The van der Waals surface area contributed by atoms with E-state index in [1.807, 2.05) is 0 Å². The molecule has 0 amide bonds.